The Kier molecular flexibility index (Phi) is 8.41. The number of aliphatic imine (C=N–C) groups is 2. The minimum absolute atomic E-state index is 0.0158. The summed E-state index contributed by atoms with van der Waals surface area (Å²) < 4.78 is 24.7. The van der Waals surface area contributed by atoms with E-state index in [9.17, 15) is 15.8 Å². The summed E-state index contributed by atoms with van der Waals surface area (Å²) in [5.41, 5.74) is 1.86. The third kappa shape index (κ3) is 5.72. The third-order valence-corrected chi connectivity index (χ3v) is 13.6. The van der Waals surface area contributed by atoms with Gasteiger partial charge in [0.1, 0.15) is 88.6 Å². The molecule has 12 nitrogen and oxygen atoms in total. The molecular weight excluding hydrogens is 761 g/mol. The second-order valence-electron chi connectivity index (χ2n) is 13.3. The van der Waals surface area contributed by atoms with E-state index in [1.165, 1.54) is 22.7 Å². The number of aromatic nitrogens is 2. The Labute approximate surface area is 326 Å². The minimum Gasteiger partial charge on any atom is -0.495 e. The van der Waals surface area contributed by atoms with Crippen LogP contribution in [0.3, 0.4) is 0 Å². The van der Waals surface area contributed by atoms with E-state index in [2.05, 4.69) is 39.1 Å². The van der Waals surface area contributed by atoms with Crippen LogP contribution in [0.25, 0.3) is 35.8 Å². The Balaban J connectivity index is 1.17. The molecule has 0 fully saturated rings. The van der Waals surface area contributed by atoms with E-state index < -0.39 is 11.2 Å². The number of hydrogen-bond acceptors (Lipinski definition) is 15. The first kappa shape index (κ1) is 35.2. The lowest BCUT2D eigenvalue weighted by molar-refractivity contribution is 0.0280. The normalized spacial score (nSPS) is 19.6. The van der Waals surface area contributed by atoms with Crippen LogP contribution < -0.4 is 9.47 Å². The summed E-state index contributed by atoms with van der Waals surface area (Å²) in [6.07, 6.45) is 8.80. The number of nitrogens with zero attached hydrogens (tertiary/aromatic N) is 8. The lowest BCUT2D eigenvalue weighted by Gasteiger charge is -2.40. The first-order chi connectivity index (χ1) is 25.9. The molecule has 0 spiro atoms. The van der Waals surface area contributed by atoms with Gasteiger partial charge >= 0.3 is 5.84 Å². The maximum absolute atomic E-state index is 9.23. The van der Waals surface area contributed by atoms with Gasteiger partial charge in [0.05, 0.1) is 24.0 Å². The maximum atomic E-state index is 9.23. The van der Waals surface area contributed by atoms with E-state index in [1.54, 1.807) is 61.2 Å². The van der Waals surface area contributed by atoms with Gasteiger partial charge in [-0.15, -0.1) is 34.0 Å². The lowest BCUT2D eigenvalue weighted by atomic mass is 9.77. The van der Waals surface area contributed by atoms with Gasteiger partial charge in [-0.25, -0.2) is 20.2 Å². The van der Waals surface area contributed by atoms with E-state index in [-0.39, 0.29) is 23.4 Å². The molecule has 54 heavy (non-hydrogen) atoms. The number of thiophene rings is 2. The zero-order valence-electron chi connectivity index (χ0n) is 29.5. The Morgan fingerprint density at radius 3 is 1.59 bits per heavy atom. The molecule has 4 aromatic rings. The highest BCUT2D eigenvalue weighted by Gasteiger charge is 2.45. The number of rotatable bonds is 6. The highest BCUT2D eigenvalue weighted by atomic mass is 32.1. The van der Waals surface area contributed by atoms with Crippen molar-refractivity contribution in [2.45, 2.75) is 38.9 Å². The molecule has 6 heterocycles. The summed E-state index contributed by atoms with van der Waals surface area (Å²) in [5, 5.41) is 30.1. The molecule has 0 saturated heterocycles. The number of fused-ring (bicyclic) bond motifs is 7. The quantitative estimate of drug-likeness (QED) is 0.105. The summed E-state index contributed by atoms with van der Waals surface area (Å²) in [5.74, 6) is 2.41. The number of nitriles is 3. The van der Waals surface area contributed by atoms with Crippen molar-refractivity contribution in [1.82, 2.24) is 9.97 Å². The number of allylic oxidation sites excluding steroid dienone is 6. The highest BCUT2D eigenvalue weighted by Crippen LogP contribution is 2.56. The summed E-state index contributed by atoms with van der Waals surface area (Å²) >= 11 is 5.71. The van der Waals surface area contributed by atoms with Gasteiger partial charge in [-0.1, -0.05) is 35.1 Å². The number of hydrogen-bond donors (Lipinski definition) is 0. The molecule has 16 heteroatoms. The van der Waals surface area contributed by atoms with Gasteiger partial charge in [0.2, 0.25) is 10.7 Å². The van der Waals surface area contributed by atoms with Crippen molar-refractivity contribution in [3.05, 3.63) is 80.5 Å². The molecule has 4 aliphatic rings. The van der Waals surface area contributed by atoms with Crippen LogP contribution in [0, 0.1) is 52.4 Å². The van der Waals surface area contributed by atoms with Crippen LogP contribution in [0.15, 0.2) is 57.9 Å². The van der Waals surface area contributed by atoms with Crippen molar-refractivity contribution in [2.24, 2.45) is 21.8 Å². The average molecular weight is 787 g/mol. The molecule has 266 valence electrons. The fourth-order valence-corrected chi connectivity index (χ4v) is 11.3. The molecule has 0 N–H and O–H groups in total. The number of amidine groups is 1. The largest absolute Gasteiger partial charge is 0.495 e. The van der Waals surface area contributed by atoms with E-state index in [4.69, 9.17) is 35.5 Å². The lowest BCUT2D eigenvalue weighted by Crippen LogP contribution is -2.32. The molecule has 2 unspecified atom stereocenters. The average Bonchev–Trinajstić information content (AvgIpc) is 3.96. The molecular formula is C38H26N8O4S4. The van der Waals surface area contributed by atoms with Crippen LogP contribution in [0.1, 0.15) is 48.8 Å². The number of ether oxygens (including phenoxy) is 4. The summed E-state index contributed by atoms with van der Waals surface area (Å²) in [4.78, 5) is 25.2. The Morgan fingerprint density at radius 1 is 0.722 bits per heavy atom. The first-order valence-electron chi connectivity index (χ1n) is 16.3. The molecule has 4 aromatic heterocycles. The second-order valence-corrected chi connectivity index (χ2v) is 17.4. The van der Waals surface area contributed by atoms with Crippen LogP contribution in [0.2, 0.25) is 0 Å². The van der Waals surface area contributed by atoms with Crippen molar-refractivity contribution < 1.29 is 18.9 Å². The van der Waals surface area contributed by atoms with Crippen LogP contribution in [-0.4, -0.2) is 35.7 Å². The maximum Gasteiger partial charge on any atom is 0.350 e. The van der Waals surface area contributed by atoms with Crippen LogP contribution in [0.5, 0.6) is 11.5 Å². The van der Waals surface area contributed by atoms with Crippen molar-refractivity contribution in [2.75, 3.05) is 14.2 Å². The zero-order valence-corrected chi connectivity index (χ0v) is 32.7. The number of thiazole rings is 2. The standard InChI is InChI=1S/C38H26N8O4S4/c1-37(2)33-29(53-35(45-33)31-24(47-6)12-27(51-31)43-19(14-39)15-40)20-8-17-11-23-21(9-18(17)10-22(20)49-37)30-34(38(3,4)50-23)46-36(54-30)32-25(48-7)13-28(52-32)44-26(16-41)42-5/h8-13,17-18H,1-4,6-7H3. The van der Waals surface area contributed by atoms with Crippen molar-refractivity contribution >= 4 is 78.0 Å². The molecule has 0 saturated carbocycles. The topological polar surface area (TPSA) is 163 Å². The van der Waals surface area contributed by atoms with Crippen LogP contribution >= 0.6 is 45.3 Å². The van der Waals surface area contributed by atoms with Gasteiger partial charge in [-0.2, -0.15) is 10.5 Å². The van der Waals surface area contributed by atoms with E-state index in [1.807, 2.05) is 33.8 Å². The van der Waals surface area contributed by atoms with E-state index >= 15 is 0 Å². The van der Waals surface area contributed by atoms with Crippen LogP contribution in [-0.2, 0) is 20.7 Å². The highest BCUT2D eigenvalue weighted by molar-refractivity contribution is 7.25. The van der Waals surface area contributed by atoms with Gasteiger partial charge in [-0.05, 0) is 39.8 Å². The molecule has 2 aliphatic carbocycles. The van der Waals surface area contributed by atoms with Gasteiger partial charge in [0.25, 0.3) is 0 Å². The third-order valence-electron chi connectivity index (χ3n) is 9.05. The van der Waals surface area contributed by atoms with Crippen molar-refractivity contribution in [1.29, 1.82) is 15.8 Å². The smallest absolute Gasteiger partial charge is 0.350 e. The summed E-state index contributed by atoms with van der Waals surface area (Å²) in [7, 11) is 3.14. The fourth-order valence-electron chi connectivity index (χ4n) is 6.63. The molecule has 0 amide bonds. The second kappa shape index (κ2) is 12.9. The minimum atomic E-state index is -0.730. The SMILES string of the molecule is [C-]#[N+]C(C#N)=Nc1cc(OC)c(-c2nc3c(s2)C2=CC4C=C5OC(C)(C)c6nc(-c7sc(N=C(C#N)C#N)cc7OC)sc6C5=CC4C=C2OC3(C)C)s1. The van der Waals surface area contributed by atoms with Gasteiger partial charge < -0.3 is 23.8 Å². The van der Waals surface area contributed by atoms with Gasteiger partial charge in [-0.3, -0.25) is 0 Å². The molecule has 8 rings (SSSR count). The first-order valence-corrected chi connectivity index (χ1v) is 19.6. The molecule has 0 radical (unpaired) electrons. The Morgan fingerprint density at radius 2 is 1.19 bits per heavy atom. The molecule has 2 aliphatic heterocycles. The zero-order chi connectivity index (χ0) is 38.1. The molecule has 2 atom stereocenters. The fraction of sp³-hybridized carbons (Fsp3) is 0.263. The Hall–Kier alpha value is -5.88. The van der Waals surface area contributed by atoms with Crippen molar-refractivity contribution in [3.63, 3.8) is 0 Å². The Bertz CT molecular complexity index is 2450. The van der Waals surface area contributed by atoms with E-state index in [0.29, 0.717) is 21.5 Å². The summed E-state index contributed by atoms with van der Waals surface area (Å²) in [6.45, 7) is 15.2. The predicted molar refractivity (Wildman–Crippen MR) is 209 cm³/mol. The monoisotopic (exact) mass is 786 g/mol. The van der Waals surface area contributed by atoms with Crippen LogP contribution in [0.4, 0.5) is 10.0 Å². The summed E-state index contributed by atoms with van der Waals surface area (Å²) in [6, 6.07) is 8.85. The van der Waals surface area contributed by atoms with E-state index in [0.717, 1.165) is 63.6 Å². The van der Waals surface area contributed by atoms with Gasteiger partial charge in [0, 0.05) is 35.1 Å². The molecule has 0 bridgehead atoms. The molecule has 0 aromatic carbocycles. The van der Waals surface area contributed by atoms with Gasteiger partial charge in [0.15, 0.2) is 0 Å². The number of methoxy groups -OCH3 is 2. The van der Waals surface area contributed by atoms with Crippen molar-refractivity contribution in [3.8, 4) is 49.5 Å². The predicted octanol–water partition coefficient (Wildman–Crippen LogP) is 9.69.